The van der Waals surface area contributed by atoms with Crippen LogP contribution in [0.3, 0.4) is 0 Å². The summed E-state index contributed by atoms with van der Waals surface area (Å²) in [6.45, 7) is 0. The standard InChI is InChI=1S/C44H31N/c1-3-11-32(12-4-1)34-19-25-39(26-20-34)45(41-29-21-33-13-7-8-17-38(33)31-41)40-27-22-36(23-28-40)43-30-24-35-14-9-10-18-42(35)44(43)37-15-5-2-6-16-37/h1-31H/i19D,20D,22D,23D,25D,26D,27D,28D. The summed E-state index contributed by atoms with van der Waals surface area (Å²) in [5.41, 5.74) is 2.93. The molecule has 0 radical (unpaired) electrons. The average molecular weight is 582 g/mol. The highest BCUT2D eigenvalue weighted by Gasteiger charge is 2.16. The molecule has 0 unspecified atom stereocenters. The van der Waals surface area contributed by atoms with Crippen LogP contribution >= 0.6 is 0 Å². The van der Waals surface area contributed by atoms with Crippen LogP contribution < -0.4 is 4.90 Å². The summed E-state index contributed by atoms with van der Waals surface area (Å²) in [5.74, 6) is 0. The van der Waals surface area contributed by atoms with E-state index < -0.39 is 0 Å². The maximum Gasteiger partial charge on any atom is 0.0645 e. The van der Waals surface area contributed by atoms with Crippen molar-refractivity contribution in [3.63, 3.8) is 0 Å². The molecular formula is C44H31N. The van der Waals surface area contributed by atoms with E-state index >= 15 is 0 Å². The first kappa shape index (κ1) is 19.4. The summed E-state index contributed by atoms with van der Waals surface area (Å²) in [5, 5.41) is 3.58. The van der Waals surface area contributed by atoms with Gasteiger partial charge in [-0.25, -0.2) is 0 Å². The monoisotopic (exact) mass is 581 g/mol. The van der Waals surface area contributed by atoms with Gasteiger partial charge in [0.25, 0.3) is 0 Å². The molecule has 0 spiro atoms. The van der Waals surface area contributed by atoms with Crippen LogP contribution in [0.25, 0.3) is 54.9 Å². The molecule has 1 nitrogen and oxygen atoms in total. The lowest BCUT2D eigenvalue weighted by atomic mass is 9.90. The third kappa shape index (κ3) is 5.15. The first-order valence-electron chi connectivity index (χ1n) is 18.8. The smallest absolute Gasteiger partial charge is 0.0645 e. The van der Waals surface area contributed by atoms with Crippen molar-refractivity contribution in [2.24, 2.45) is 0 Å². The molecule has 0 aliphatic rings. The summed E-state index contributed by atoms with van der Waals surface area (Å²) in [7, 11) is 0. The van der Waals surface area contributed by atoms with Gasteiger partial charge in [0, 0.05) is 17.1 Å². The Labute approximate surface area is 275 Å². The number of fused-ring (bicyclic) bond motifs is 2. The van der Waals surface area contributed by atoms with Crippen LogP contribution in [0.15, 0.2) is 188 Å². The second-order valence-electron chi connectivity index (χ2n) is 10.8. The van der Waals surface area contributed by atoms with Crippen molar-refractivity contribution in [1.29, 1.82) is 0 Å². The molecule has 0 aliphatic carbocycles. The van der Waals surface area contributed by atoms with E-state index in [1.807, 2.05) is 103 Å². The molecule has 0 bridgehead atoms. The second kappa shape index (κ2) is 11.6. The van der Waals surface area contributed by atoms with Crippen LogP contribution in [-0.2, 0) is 0 Å². The SMILES string of the molecule is [2H]c1c([2H])c(N(c2ccc3ccccc3c2)c2c([2H])c([2H])c(-c3ccc4ccccc4c3-c3ccccc3)c([2H])c2[2H])c([2H])c([2H])c1-c1ccccc1. The van der Waals surface area contributed by atoms with Gasteiger partial charge in [-0.05, 0) is 91.2 Å². The van der Waals surface area contributed by atoms with Crippen molar-refractivity contribution >= 4 is 38.6 Å². The van der Waals surface area contributed by atoms with Crippen molar-refractivity contribution in [2.75, 3.05) is 4.90 Å². The van der Waals surface area contributed by atoms with Gasteiger partial charge in [-0.3, -0.25) is 0 Å². The molecule has 8 aromatic rings. The number of hydrogen-bond acceptors (Lipinski definition) is 1. The van der Waals surface area contributed by atoms with Crippen LogP contribution in [-0.4, -0.2) is 0 Å². The Morgan fingerprint density at radius 2 is 0.889 bits per heavy atom. The molecule has 1 heteroatoms. The Kier molecular flexibility index (Phi) is 5.01. The zero-order chi connectivity index (χ0) is 37.0. The molecular weight excluding hydrogens is 542 g/mol. The molecule has 8 rings (SSSR count). The predicted molar refractivity (Wildman–Crippen MR) is 192 cm³/mol. The van der Waals surface area contributed by atoms with Gasteiger partial charge in [-0.1, -0.05) is 152 Å². The van der Waals surface area contributed by atoms with Gasteiger partial charge in [-0.2, -0.15) is 0 Å². The number of rotatable bonds is 6. The minimum Gasteiger partial charge on any atom is -0.310 e. The Balaban J connectivity index is 1.43. The molecule has 0 saturated carbocycles. The van der Waals surface area contributed by atoms with Crippen LogP contribution in [0.5, 0.6) is 0 Å². The van der Waals surface area contributed by atoms with Crippen molar-refractivity contribution < 1.29 is 11.0 Å². The van der Waals surface area contributed by atoms with Crippen molar-refractivity contribution in [1.82, 2.24) is 0 Å². The summed E-state index contributed by atoms with van der Waals surface area (Å²) in [6, 6.07) is 40.4. The lowest BCUT2D eigenvalue weighted by Gasteiger charge is -2.26. The van der Waals surface area contributed by atoms with E-state index in [1.165, 1.54) is 4.90 Å². The predicted octanol–water partition coefficient (Wildman–Crippen LogP) is 12.5. The van der Waals surface area contributed by atoms with Crippen molar-refractivity contribution in [3.05, 3.63) is 188 Å². The first-order valence-corrected chi connectivity index (χ1v) is 14.8. The van der Waals surface area contributed by atoms with Crippen LogP contribution in [0.1, 0.15) is 11.0 Å². The van der Waals surface area contributed by atoms with Gasteiger partial charge in [0.15, 0.2) is 0 Å². The Bertz CT molecular complexity index is 2660. The van der Waals surface area contributed by atoms with Gasteiger partial charge in [0.2, 0.25) is 0 Å². The highest BCUT2D eigenvalue weighted by Crippen LogP contribution is 2.41. The third-order valence-electron chi connectivity index (χ3n) is 7.99. The number of benzene rings is 8. The van der Waals surface area contributed by atoms with E-state index in [9.17, 15) is 8.22 Å². The largest absolute Gasteiger partial charge is 0.310 e. The minimum absolute atomic E-state index is 0.116. The fraction of sp³-hybridized carbons (Fsp3) is 0. The van der Waals surface area contributed by atoms with Gasteiger partial charge in [0.1, 0.15) is 0 Å². The molecule has 0 amide bonds. The normalized spacial score (nSPS) is 13.6. The van der Waals surface area contributed by atoms with E-state index in [4.69, 9.17) is 2.74 Å². The highest BCUT2D eigenvalue weighted by molar-refractivity contribution is 6.04. The average Bonchev–Trinajstić information content (AvgIpc) is 3.19. The van der Waals surface area contributed by atoms with Crippen LogP contribution in [0, 0.1) is 0 Å². The van der Waals surface area contributed by atoms with Gasteiger partial charge >= 0.3 is 0 Å². The molecule has 0 N–H and O–H groups in total. The quantitative estimate of drug-likeness (QED) is 0.189. The molecule has 0 aliphatic heterocycles. The fourth-order valence-electron chi connectivity index (χ4n) is 5.80. The summed E-state index contributed by atoms with van der Waals surface area (Å²) < 4.78 is 74.8. The minimum atomic E-state index is -0.384. The molecule has 8 aromatic carbocycles. The van der Waals surface area contributed by atoms with E-state index in [0.717, 1.165) is 32.7 Å². The Hall–Kier alpha value is -5.92. The third-order valence-corrected chi connectivity index (χ3v) is 7.99. The van der Waals surface area contributed by atoms with Gasteiger partial charge in [-0.15, -0.1) is 0 Å². The topological polar surface area (TPSA) is 3.24 Å². The van der Waals surface area contributed by atoms with E-state index in [2.05, 4.69) is 0 Å². The molecule has 45 heavy (non-hydrogen) atoms. The maximum absolute atomic E-state index is 9.53. The first-order chi connectivity index (χ1) is 25.7. The lowest BCUT2D eigenvalue weighted by molar-refractivity contribution is 1.29. The maximum atomic E-state index is 9.53. The van der Waals surface area contributed by atoms with Gasteiger partial charge < -0.3 is 4.90 Å². The van der Waals surface area contributed by atoms with Gasteiger partial charge in [0.05, 0.1) is 11.0 Å². The highest BCUT2D eigenvalue weighted by atomic mass is 15.1. The Morgan fingerprint density at radius 3 is 1.58 bits per heavy atom. The van der Waals surface area contributed by atoms with E-state index in [0.29, 0.717) is 16.8 Å². The van der Waals surface area contributed by atoms with Crippen LogP contribution in [0.2, 0.25) is 0 Å². The number of nitrogens with zero attached hydrogens (tertiary/aromatic N) is 1. The van der Waals surface area contributed by atoms with E-state index in [-0.39, 0.29) is 70.8 Å². The summed E-state index contributed by atoms with van der Waals surface area (Å²) in [6.07, 6.45) is 0. The molecule has 0 saturated heterocycles. The number of anilines is 3. The van der Waals surface area contributed by atoms with Crippen LogP contribution in [0.4, 0.5) is 17.1 Å². The van der Waals surface area contributed by atoms with E-state index in [1.54, 1.807) is 36.4 Å². The second-order valence-corrected chi connectivity index (χ2v) is 10.8. The van der Waals surface area contributed by atoms with Crippen molar-refractivity contribution in [3.8, 4) is 33.4 Å². The molecule has 0 atom stereocenters. The zero-order valence-corrected chi connectivity index (χ0v) is 24.2. The van der Waals surface area contributed by atoms with Crippen molar-refractivity contribution in [2.45, 2.75) is 0 Å². The molecule has 0 aromatic heterocycles. The molecule has 212 valence electrons. The zero-order valence-electron chi connectivity index (χ0n) is 32.2. The Morgan fingerprint density at radius 1 is 0.356 bits per heavy atom. The summed E-state index contributed by atoms with van der Waals surface area (Å²) >= 11 is 0. The molecule has 0 fully saturated rings. The molecule has 0 heterocycles. The lowest BCUT2D eigenvalue weighted by Crippen LogP contribution is -2.09. The fourth-order valence-corrected chi connectivity index (χ4v) is 5.80. The number of hydrogen-bond donors (Lipinski definition) is 0. The summed E-state index contributed by atoms with van der Waals surface area (Å²) in [4.78, 5) is 1.35.